The first-order valence-electron chi connectivity index (χ1n) is 11.4. The van der Waals surface area contributed by atoms with Crippen molar-refractivity contribution in [3.05, 3.63) is 29.6 Å². The van der Waals surface area contributed by atoms with Gasteiger partial charge in [0.1, 0.15) is 5.82 Å². The van der Waals surface area contributed by atoms with Crippen molar-refractivity contribution in [2.24, 2.45) is 5.92 Å². The normalized spacial score (nSPS) is 34.5. The highest BCUT2D eigenvalue weighted by Gasteiger charge is 2.83. The number of fused-ring (bicyclic) bond motifs is 3. The van der Waals surface area contributed by atoms with E-state index in [4.69, 9.17) is 0 Å². The molecule has 1 N–H and O–H groups in total. The van der Waals surface area contributed by atoms with Crippen LogP contribution >= 0.6 is 0 Å². The molecule has 2 saturated carbocycles. The minimum Gasteiger partial charge on any atom is -0.390 e. The second kappa shape index (κ2) is 6.66. The van der Waals surface area contributed by atoms with Crippen LogP contribution in [-0.4, -0.2) is 55.5 Å². The van der Waals surface area contributed by atoms with Gasteiger partial charge >= 0.3 is 0 Å². The first kappa shape index (κ1) is 20.7. The topological polar surface area (TPSA) is 60.9 Å². The number of anilines is 1. The van der Waals surface area contributed by atoms with Crippen molar-refractivity contribution in [2.45, 2.75) is 74.8 Å². The molecular formula is C23H33FN2O3S. The molecule has 30 heavy (non-hydrogen) atoms. The maximum absolute atomic E-state index is 14.4. The van der Waals surface area contributed by atoms with Crippen molar-refractivity contribution < 1.29 is 17.9 Å². The molecule has 1 aromatic rings. The Morgan fingerprint density at radius 3 is 2.60 bits per heavy atom. The van der Waals surface area contributed by atoms with E-state index in [1.54, 1.807) is 6.07 Å². The molecule has 1 saturated heterocycles. The van der Waals surface area contributed by atoms with E-state index in [-0.39, 0.29) is 17.2 Å². The lowest BCUT2D eigenvalue weighted by atomic mass is 9.81. The smallest absolute Gasteiger partial charge is 0.232 e. The zero-order valence-electron chi connectivity index (χ0n) is 18.0. The summed E-state index contributed by atoms with van der Waals surface area (Å²) in [7, 11) is -3.51. The SMILES string of the molecule is CCC12C3CN(CCCC4(O)CCCCC4)CC31c1cc(F)cc(c1)N2S(C)(=O)=O. The molecule has 2 aliphatic heterocycles. The number of aliphatic hydroxyl groups is 1. The van der Waals surface area contributed by atoms with E-state index in [1.807, 2.05) is 6.07 Å². The van der Waals surface area contributed by atoms with E-state index in [0.717, 1.165) is 70.1 Å². The van der Waals surface area contributed by atoms with Crippen LogP contribution in [0.2, 0.25) is 0 Å². The van der Waals surface area contributed by atoms with Crippen LogP contribution in [0.5, 0.6) is 0 Å². The van der Waals surface area contributed by atoms with Crippen LogP contribution in [0.1, 0.15) is 63.9 Å². The van der Waals surface area contributed by atoms with Gasteiger partial charge in [-0.3, -0.25) is 4.31 Å². The molecule has 3 fully saturated rings. The van der Waals surface area contributed by atoms with Crippen molar-refractivity contribution in [3.63, 3.8) is 0 Å². The third-order valence-corrected chi connectivity index (χ3v) is 9.74. The molecule has 1 spiro atoms. The van der Waals surface area contributed by atoms with Gasteiger partial charge in [0.15, 0.2) is 0 Å². The number of halogens is 1. The number of rotatable bonds is 6. The largest absolute Gasteiger partial charge is 0.390 e. The molecule has 5 nitrogen and oxygen atoms in total. The predicted molar refractivity (Wildman–Crippen MR) is 116 cm³/mol. The lowest BCUT2D eigenvalue weighted by molar-refractivity contribution is -0.00725. The molecule has 3 unspecified atom stereocenters. The van der Waals surface area contributed by atoms with Crippen LogP contribution in [-0.2, 0) is 15.4 Å². The average Bonchev–Trinajstić information content (AvgIpc) is 3.01. The fourth-order valence-electron chi connectivity index (χ4n) is 7.40. The van der Waals surface area contributed by atoms with Gasteiger partial charge in [0.25, 0.3) is 0 Å². The molecule has 7 heteroatoms. The van der Waals surface area contributed by atoms with Gasteiger partial charge in [0.2, 0.25) is 10.0 Å². The fourth-order valence-corrected chi connectivity index (χ4v) is 8.90. The highest BCUT2D eigenvalue weighted by molar-refractivity contribution is 7.92. The molecule has 0 amide bonds. The molecule has 5 rings (SSSR count). The van der Waals surface area contributed by atoms with E-state index in [0.29, 0.717) is 5.69 Å². The summed E-state index contributed by atoms with van der Waals surface area (Å²) in [5, 5.41) is 10.8. The molecule has 0 aromatic heterocycles. The Morgan fingerprint density at radius 1 is 1.20 bits per heavy atom. The Balaban J connectivity index is 1.37. The van der Waals surface area contributed by atoms with Crippen molar-refractivity contribution in [3.8, 4) is 0 Å². The average molecular weight is 437 g/mol. The van der Waals surface area contributed by atoms with Gasteiger partial charge in [-0.05, 0) is 62.4 Å². The number of hydrogen-bond donors (Lipinski definition) is 1. The zero-order valence-corrected chi connectivity index (χ0v) is 18.8. The monoisotopic (exact) mass is 436 g/mol. The summed E-state index contributed by atoms with van der Waals surface area (Å²) in [6, 6.07) is 4.85. The van der Waals surface area contributed by atoms with Crippen LogP contribution in [0.15, 0.2) is 18.2 Å². The summed E-state index contributed by atoms with van der Waals surface area (Å²) in [6.45, 7) is 4.56. The lowest BCUT2D eigenvalue weighted by Gasteiger charge is -2.42. The summed E-state index contributed by atoms with van der Waals surface area (Å²) in [4.78, 5) is 2.40. The number of hydrogen-bond acceptors (Lipinski definition) is 4. The van der Waals surface area contributed by atoms with Gasteiger partial charge in [0.05, 0.1) is 23.1 Å². The highest BCUT2D eigenvalue weighted by Crippen LogP contribution is 2.74. The van der Waals surface area contributed by atoms with E-state index < -0.39 is 21.2 Å². The number of piperidine rings is 1. The van der Waals surface area contributed by atoms with E-state index >= 15 is 0 Å². The first-order chi connectivity index (χ1) is 14.2. The van der Waals surface area contributed by atoms with E-state index in [1.165, 1.54) is 23.0 Å². The first-order valence-corrected chi connectivity index (χ1v) is 13.3. The van der Waals surface area contributed by atoms with Crippen LogP contribution in [0.25, 0.3) is 0 Å². The molecule has 4 aliphatic rings. The third-order valence-electron chi connectivity index (χ3n) is 8.54. The summed E-state index contributed by atoms with van der Waals surface area (Å²) < 4.78 is 41.4. The molecule has 166 valence electrons. The Morgan fingerprint density at radius 2 is 1.93 bits per heavy atom. The Labute approximate surface area is 179 Å². The highest BCUT2D eigenvalue weighted by atomic mass is 32.2. The zero-order chi connectivity index (χ0) is 21.4. The second-order valence-corrected chi connectivity index (χ2v) is 12.0. The summed E-state index contributed by atoms with van der Waals surface area (Å²) in [5.41, 5.74) is 0.146. The molecule has 1 aromatic carbocycles. The minimum atomic E-state index is -3.51. The van der Waals surface area contributed by atoms with Gasteiger partial charge in [0, 0.05) is 24.4 Å². The molecule has 2 heterocycles. The maximum Gasteiger partial charge on any atom is 0.232 e. The molecule has 2 aliphatic carbocycles. The second-order valence-electron chi connectivity index (χ2n) is 10.2. The van der Waals surface area contributed by atoms with Crippen LogP contribution in [0, 0.1) is 11.7 Å². The molecular weight excluding hydrogens is 403 g/mol. The number of likely N-dealkylation sites (tertiary alicyclic amines) is 1. The maximum atomic E-state index is 14.4. The lowest BCUT2D eigenvalue weighted by Crippen LogP contribution is -2.53. The van der Waals surface area contributed by atoms with Gasteiger partial charge in [-0.15, -0.1) is 0 Å². The van der Waals surface area contributed by atoms with E-state index in [9.17, 15) is 17.9 Å². The Kier molecular flexibility index (Phi) is 4.60. The van der Waals surface area contributed by atoms with Crippen LogP contribution < -0.4 is 4.31 Å². The van der Waals surface area contributed by atoms with Crippen molar-refractivity contribution >= 4 is 15.7 Å². The van der Waals surface area contributed by atoms with E-state index in [2.05, 4.69) is 11.8 Å². The summed E-state index contributed by atoms with van der Waals surface area (Å²) >= 11 is 0. The van der Waals surface area contributed by atoms with Gasteiger partial charge in [-0.1, -0.05) is 26.2 Å². The third kappa shape index (κ3) is 2.74. The van der Waals surface area contributed by atoms with Crippen molar-refractivity contribution in [1.82, 2.24) is 4.90 Å². The quantitative estimate of drug-likeness (QED) is 0.742. The fraction of sp³-hybridized carbons (Fsp3) is 0.739. The Bertz CT molecular complexity index is 961. The standard InChI is InChI=1S/C23H33FN2O3S/c1-3-23-20-15-25(11-7-10-21(27)8-5-4-6-9-21)16-22(20,23)17-12-18(24)14-19(13-17)26(23)30(2,28)29/h12-14,20,27H,3-11,15-16H2,1-2H3. The minimum absolute atomic E-state index is 0.182. The van der Waals surface area contributed by atoms with Crippen LogP contribution in [0.3, 0.4) is 0 Å². The predicted octanol–water partition coefficient (Wildman–Crippen LogP) is 3.41. The van der Waals surface area contributed by atoms with Gasteiger partial charge in [-0.25, -0.2) is 12.8 Å². The Hall–Kier alpha value is -1.18. The van der Waals surface area contributed by atoms with Crippen molar-refractivity contribution in [1.29, 1.82) is 0 Å². The van der Waals surface area contributed by atoms with Gasteiger partial charge < -0.3 is 10.0 Å². The van der Waals surface area contributed by atoms with Crippen LogP contribution in [0.4, 0.5) is 10.1 Å². The van der Waals surface area contributed by atoms with Gasteiger partial charge in [-0.2, -0.15) is 0 Å². The number of sulfonamides is 1. The number of nitrogens with zero attached hydrogens (tertiary/aromatic N) is 2. The van der Waals surface area contributed by atoms with Crippen molar-refractivity contribution in [2.75, 3.05) is 30.2 Å². The molecule has 2 bridgehead atoms. The summed E-state index contributed by atoms with van der Waals surface area (Å²) in [5.74, 6) is -0.180. The summed E-state index contributed by atoms with van der Waals surface area (Å²) in [6.07, 6.45) is 9.03. The number of benzene rings is 1. The molecule has 0 radical (unpaired) electrons. The molecule has 3 atom stereocenters.